The molecule has 0 aliphatic rings. The van der Waals surface area contributed by atoms with Crippen LogP contribution < -0.4 is 4.84 Å². The summed E-state index contributed by atoms with van der Waals surface area (Å²) < 4.78 is 1.62. The molecule has 3 rings (SSSR count). The Morgan fingerprint density at radius 1 is 1.20 bits per heavy atom. The van der Waals surface area contributed by atoms with Crippen LogP contribution in [0.5, 0.6) is 0 Å². The average Bonchev–Trinajstić information content (AvgIpc) is 2.97. The first-order valence-corrected chi connectivity index (χ1v) is 8.42. The lowest BCUT2D eigenvalue weighted by Gasteiger charge is -2.12. The number of nitro groups is 1. The lowest BCUT2D eigenvalue weighted by Crippen LogP contribution is -2.14. The highest BCUT2D eigenvalue weighted by atomic mass is 16.7. The maximum atomic E-state index is 11.1. The van der Waals surface area contributed by atoms with Crippen LogP contribution in [-0.2, 0) is 0 Å². The molecular weight excluding hydrogens is 318 g/mol. The number of fused-ring (bicyclic) bond motifs is 1. The molecule has 130 valence electrons. The molecule has 0 saturated heterocycles. The minimum atomic E-state index is -0.405. The van der Waals surface area contributed by atoms with E-state index in [-0.39, 0.29) is 5.69 Å². The molecular formula is C19H21N3O3. The van der Waals surface area contributed by atoms with Crippen molar-refractivity contribution in [1.29, 1.82) is 0 Å². The smallest absolute Gasteiger partial charge is 0.271 e. The van der Waals surface area contributed by atoms with Crippen molar-refractivity contribution in [3.8, 4) is 11.4 Å². The topological polar surface area (TPSA) is 70.2 Å². The van der Waals surface area contributed by atoms with Crippen LogP contribution in [-0.4, -0.2) is 21.2 Å². The number of aromatic nitrogens is 2. The van der Waals surface area contributed by atoms with Crippen LogP contribution in [0.1, 0.15) is 26.7 Å². The molecule has 0 aliphatic carbocycles. The van der Waals surface area contributed by atoms with Gasteiger partial charge in [0, 0.05) is 17.7 Å². The van der Waals surface area contributed by atoms with Crippen molar-refractivity contribution in [1.82, 2.24) is 9.71 Å². The van der Waals surface area contributed by atoms with Crippen LogP contribution >= 0.6 is 0 Å². The Bertz CT molecular complexity index is 872. The molecule has 0 unspecified atom stereocenters. The van der Waals surface area contributed by atoms with Gasteiger partial charge in [0.1, 0.15) is 12.1 Å². The lowest BCUT2D eigenvalue weighted by atomic mass is 10.1. The van der Waals surface area contributed by atoms with Gasteiger partial charge in [-0.2, -0.15) is 4.73 Å². The summed E-state index contributed by atoms with van der Waals surface area (Å²) in [6.45, 7) is 4.88. The fourth-order valence-corrected chi connectivity index (χ4v) is 2.70. The molecule has 6 heteroatoms. The second-order valence-corrected chi connectivity index (χ2v) is 6.40. The van der Waals surface area contributed by atoms with E-state index in [1.165, 1.54) is 12.1 Å². The number of hydrogen-bond donors (Lipinski definition) is 0. The van der Waals surface area contributed by atoms with Gasteiger partial charge in [-0.15, -0.1) is 0 Å². The van der Waals surface area contributed by atoms with Crippen molar-refractivity contribution in [2.75, 3.05) is 6.61 Å². The summed E-state index contributed by atoms with van der Waals surface area (Å²) in [4.78, 5) is 21.3. The fraction of sp³-hybridized carbons (Fsp3) is 0.316. The molecule has 2 aromatic carbocycles. The first-order valence-electron chi connectivity index (χ1n) is 8.42. The van der Waals surface area contributed by atoms with E-state index < -0.39 is 4.92 Å². The zero-order valence-electron chi connectivity index (χ0n) is 14.4. The van der Waals surface area contributed by atoms with Crippen LogP contribution in [0.2, 0.25) is 0 Å². The Morgan fingerprint density at radius 2 is 1.96 bits per heavy atom. The molecule has 1 aromatic heterocycles. The van der Waals surface area contributed by atoms with Crippen molar-refractivity contribution >= 4 is 16.7 Å². The van der Waals surface area contributed by atoms with E-state index in [0.29, 0.717) is 29.4 Å². The maximum Gasteiger partial charge on any atom is 0.271 e. The predicted octanol–water partition coefficient (Wildman–Crippen LogP) is 4.48. The van der Waals surface area contributed by atoms with Gasteiger partial charge < -0.3 is 4.84 Å². The number of nitrogens with zero attached hydrogens (tertiary/aromatic N) is 3. The number of nitro benzene ring substituents is 1. The molecule has 0 aliphatic heterocycles. The normalized spacial score (nSPS) is 11.2. The highest BCUT2D eigenvalue weighted by Gasteiger charge is 2.17. The molecule has 0 atom stereocenters. The summed E-state index contributed by atoms with van der Waals surface area (Å²) >= 11 is 0. The summed E-state index contributed by atoms with van der Waals surface area (Å²) in [5.41, 5.74) is 2.22. The van der Waals surface area contributed by atoms with Crippen molar-refractivity contribution in [3.05, 3.63) is 58.6 Å². The molecule has 0 spiro atoms. The molecule has 0 saturated carbocycles. The third-order valence-electron chi connectivity index (χ3n) is 3.99. The van der Waals surface area contributed by atoms with Gasteiger partial charge >= 0.3 is 0 Å². The highest BCUT2D eigenvalue weighted by molar-refractivity contribution is 5.82. The summed E-state index contributed by atoms with van der Waals surface area (Å²) in [5, 5.41) is 11.1. The maximum absolute atomic E-state index is 11.1. The first kappa shape index (κ1) is 17.0. The van der Waals surface area contributed by atoms with Gasteiger partial charge in [-0.1, -0.05) is 44.2 Å². The van der Waals surface area contributed by atoms with Crippen molar-refractivity contribution in [2.45, 2.75) is 26.7 Å². The third kappa shape index (κ3) is 3.79. The number of benzene rings is 2. The van der Waals surface area contributed by atoms with E-state index in [4.69, 9.17) is 4.84 Å². The zero-order chi connectivity index (χ0) is 17.8. The lowest BCUT2D eigenvalue weighted by molar-refractivity contribution is -0.384. The highest BCUT2D eigenvalue weighted by Crippen LogP contribution is 2.26. The molecule has 0 N–H and O–H groups in total. The Labute approximate surface area is 146 Å². The van der Waals surface area contributed by atoms with Gasteiger partial charge in [-0.05, 0) is 24.8 Å². The Hall–Kier alpha value is -2.89. The standard InChI is InChI=1S/C19H21N3O3/c1-14(2)7-6-12-25-21-18-13-16(22(23)24)10-11-17(18)20-19(21)15-8-4-3-5-9-15/h3-5,8-11,13-14H,6-7,12H2,1-2H3. The number of non-ortho nitro benzene ring substituents is 1. The van der Waals surface area contributed by atoms with Gasteiger partial charge in [0.05, 0.1) is 10.4 Å². The second-order valence-electron chi connectivity index (χ2n) is 6.40. The molecule has 0 bridgehead atoms. The van der Waals surface area contributed by atoms with E-state index in [0.717, 1.165) is 18.4 Å². The summed E-state index contributed by atoms with van der Waals surface area (Å²) in [6, 6.07) is 14.3. The van der Waals surface area contributed by atoms with E-state index >= 15 is 0 Å². The summed E-state index contributed by atoms with van der Waals surface area (Å²) in [6.07, 6.45) is 1.98. The molecule has 3 aromatic rings. The van der Waals surface area contributed by atoms with Crippen molar-refractivity contribution < 1.29 is 9.76 Å². The quantitative estimate of drug-likeness (QED) is 0.361. The SMILES string of the molecule is CC(C)CCCOn1c(-c2ccccc2)nc2ccc([N+](=O)[O-])cc21. The van der Waals surface area contributed by atoms with Gasteiger partial charge in [-0.25, -0.2) is 4.98 Å². The predicted molar refractivity (Wildman–Crippen MR) is 97.3 cm³/mol. The number of hydrogen-bond acceptors (Lipinski definition) is 4. The van der Waals surface area contributed by atoms with E-state index in [1.807, 2.05) is 30.3 Å². The van der Waals surface area contributed by atoms with E-state index in [1.54, 1.807) is 10.8 Å². The van der Waals surface area contributed by atoms with Gasteiger partial charge in [0.2, 0.25) is 0 Å². The molecule has 0 amide bonds. The Balaban J connectivity index is 2.01. The summed E-state index contributed by atoms with van der Waals surface area (Å²) in [7, 11) is 0. The van der Waals surface area contributed by atoms with Crippen molar-refractivity contribution in [3.63, 3.8) is 0 Å². The molecule has 0 radical (unpaired) electrons. The van der Waals surface area contributed by atoms with E-state index in [9.17, 15) is 10.1 Å². The molecule has 1 heterocycles. The van der Waals surface area contributed by atoms with Crippen LogP contribution in [0.4, 0.5) is 5.69 Å². The Kier molecular flexibility index (Phi) is 4.97. The average molecular weight is 339 g/mol. The van der Waals surface area contributed by atoms with Crippen LogP contribution in [0.3, 0.4) is 0 Å². The van der Waals surface area contributed by atoms with Crippen LogP contribution in [0.25, 0.3) is 22.4 Å². The first-order chi connectivity index (χ1) is 12.1. The largest absolute Gasteiger partial charge is 0.412 e. The Morgan fingerprint density at radius 3 is 2.64 bits per heavy atom. The van der Waals surface area contributed by atoms with Gasteiger partial charge in [0.25, 0.3) is 5.69 Å². The van der Waals surface area contributed by atoms with Crippen LogP contribution in [0.15, 0.2) is 48.5 Å². The minimum absolute atomic E-state index is 0.0269. The molecule has 25 heavy (non-hydrogen) atoms. The van der Waals surface area contributed by atoms with Crippen molar-refractivity contribution in [2.24, 2.45) is 5.92 Å². The van der Waals surface area contributed by atoms with Crippen LogP contribution in [0, 0.1) is 16.0 Å². The second kappa shape index (κ2) is 7.34. The van der Waals surface area contributed by atoms with Gasteiger partial charge in [-0.3, -0.25) is 10.1 Å². The molecule has 6 nitrogen and oxygen atoms in total. The minimum Gasteiger partial charge on any atom is -0.412 e. The third-order valence-corrected chi connectivity index (χ3v) is 3.99. The fourth-order valence-electron chi connectivity index (χ4n) is 2.70. The number of imidazole rings is 1. The summed E-state index contributed by atoms with van der Waals surface area (Å²) in [5.74, 6) is 1.26. The number of rotatable bonds is 7. The van der Waals surface area contributed by atoms with E-state index in [2.05, 4.69) is 18.8 Å². The zero-order valence-corrected chi connectivity index (χ0v) is 14.4. The monoisotopic (exact) mass is 339 g/mol. The molecule has 0 fully saturated rings. The van der Waals surface area contributed by atoms with Gasteiger partial charge in [0.15, 0.2) is 5.82 Å².